The summed E-state index contributed by atoms with van der Waals surface area (Å²) in [5, 5.41) is 0. The van der Waals surface area contributed by atoms with Gasteiger partial charge in [0.15, 0.2) is 0 Å². The predicted molar refractivity (Wildman–Crippen MR) is 47.2 cm³/mol. The van der Waals surface area contributed by atoms with Gasteiger partial charge in [-0.15, -0.1) is 0 Å². The second-order valence-corrected chi connectivity index (χ2v) is 5.16. The summed E-state index contributed by atoms with van der Waals surface area (Å²) >= 11 is 0. The van der Waals surface area contributed by atoms with Crippen molar-refractivity contribution in [1.82, 2.24) is 0 Å². The van der Waals surface area contributed by atoms with Gasteiger partial charge in [0.2, 0.25) is 0 Å². The lowest BCUT2D eigenvalue weighted by molar-refractivity contribution is 0.410. The van der Waals surface area contributed by atoms with Crippen LogP contribution in [0, 0.1) is 17.8 Å². The highest BCUT2D eigenvalue weighted by Crippen LogP contribution is 2.49. The molecule has 0 amide bonds. The van der Waals surface area contributed by atoms with Crippen LogP contribution < -0.4 is 5.73 Å². The monoisotopic (exact) mass is 153 g/mol. The van der Waals surface area contributed by atoms with Gasteiger partial charge >= 0.3 is 0 Å². The van der Waals surface area contributed by atoms with E-state index in [4.69, 9.17) is 5.73 Å². The maximum atomic E-state index is 6.11. The van der Waals surface area contributed by atoms with E-state index in [-0.39, 0.29) is 5.54 Å². The first-order valence-electron chi connectivity index (χ1n) is 4.86. The minimum Gasteiger partial charge on any atom is -0.325 e. The van der Waals surface area contributed by atoms with Crippen LogP contribution in [-0.4, -0.2) is 5.54 Å². The summed E-state index contributed by atoms with van der Waals surface area (Å²) in [6.45, 7) is 4.60. The van der Waals surface area contributed by atoms with E-state index in [1.807, 2.05) is 0 Å². The molecule has 0 heterocycles. The molecule has 2 aliphatic carbocycles. The fourth-order valence-corrected chi connectivity index (χ4v) is 3.30. The normalized spacial score (nSPS) is 56.5. The van der Waals surface area contributed by atoms with Crippen LogP contribution in [0.5, 0.6) is 0 Å². The van der Waals surface area contributed by atoms with Crippen LogP contribution in [0.15, 0.2) is 0 Å². The average molecular weight is 153 g/mol. The highest BCUT2D eigenvalue weighted by molar-refractivity contribution is 4.98. The van der Waals surface area contributed by atoms with Crippen molar-refractivity contribution in [3.63, 3.8) is 0 Å². The number of hydrogen-bond acceptors (Lipinski definition) is 1. The Bertz CT molecular complexity index is 146. The maximum absolute atomic E-state index is 6.11. The molecule has 0 unspecified atom stereocenters. The SMILES string of the molecule is C[C@H]1C[C@@H]2C[C@@](C)(N)C[C@@H]2C1. The zero-order valence-electron chi connectivity index (χ0n) is 7.64. The molecule has 1 nitrogen and oxygen atoms in total. The predicted octanol–water partition coefficient (Wildman–Crippen LogP) is 2.16. The van der Waals surface area contributed by atoms with Crippen LogP contribution in [0.2, 0.25) is 0 Å². The Morgan fingerprint density at radius 3 is 2.09 bits per heavy atom. The van der Waals surface area contributed by atoms with Gasteiger partial charge in [-0.25, -0.2) is 0 Å². The molecule has 2 fully saturated rings. The molecule has 11 heavy (non-hydrogen) atoms. The molecule has 0 aromatic heterocycles. The third-order valence-electron chi connectivity index (χ3n) is 3.53. The van der Waals surface area contributed by atoms with Gasteiger partial charge < -0.3 is 5.73 Å². The number of nitrogens with two attached hydrogens (primary N) is 1. The molecule has 0 bridgehead atoms. The zero-order chi connectivity index (χ0) is 8.06. The molecule has 0 aromatic carbocycles. The molecule has 0 radical (unpaired) electrons. The van der Waals surface area contributed by atoms with Crippen LogP contribution in [0.4, 0.5) is 0 Å². The molecule has 0 aromatic rings. The highest BCUT2D eigenvalue weighted by Gasteiger charge is 2.43. The summed E-state index contributed by atoms with van der Waals surface area (Å²) in [6.07, 6.45) is 5.44. The first kappa shape index (κ1) is 7.60. The number of hydrogen-bond donors (Lipinski definition) is 1. The van der Waals surface area contributed by atoms with Crippen molar-refractivity contribution < 1.29 is 0 Å². The Balaban J connectivity index is 2.04. The molecular formula is C10H19N. The fraction of sp³-hybridized carbons (Fsp3) is 1.00. The van der Waals surface area contributed by atoms with Gasteiger partial charge in [-0.3, -0.25) is 0 Å². The third-order valence-corrected chi connectivity index (χ3v) is 3.53. The lowest BCUT2D eigenvalue weighted by Gasteiger charge is -2.18. The third kappa shape index (κ3) is 1.31. The smallest absolute Gasteiger partial charge is 0.0131 e. The van der Waals surface area contributed by atoms with Gasteiger partial charge in [-0.2, -0.15) is 0 Å². The van der Waals surface area contributed by atoms with Crippen molar-refractivity contribution >= 4 is 0 Å². The first-order valence-corrected chi connectivity index (χ1v) is 4.86. The van der Waals surface area contributed by atoms with E-state index < -0.39 is 0 Å². The van der Waals surface area contributed by atoms with E-state index in [0.717, 1.165) is 17.8 Å². The van der Waals surface area contributed by atoms with E-state index in [2.05, 4.69) is 13.8 Å². The van der Waals surface area contributed by atoms with Gasteiger partial charge in [0.1, 0.15) is 0 Å². The van der Waals surface area contributed by atoms with Gasteiger partial charge in [0.25, 0.3) is 0 Å². The lowest BCUT2D eigenvalue weighted by Crippen LogP contribution is -2.33. The standard InChI is InChI=1S/C10H19N/c1-7-3-8-5-10(2,11)6-9(8)4-7/h7-9H,3-6,11H2,1-2H3/t7-,8+,9-,10+. The molecule has 1 heteroatoms. The molecule has 4 atom stereocenters. The van der Waals surface area contributed by atoms with E-state index in [1.165, 1.54) is 25.7 Å². The largest absolute Gasteiger partial charge is 0.325 e. The maximum Gasteiger partial charge on any atom is 0.0131 e. The van der Waals surface area contributed by atoms with Crippen molar-refractivity contribution in [3.05, 3.63) is 0 Å². The van der Waals surface area contributed by atoms with Gasteiger partial charge in [-0.05, 0) is 50.4 Å². The molecular weight excluding hydrogens is 134 g/mol. The number of fused-ring (bicyclic) bond motifs is 1. The van der Waals surface area contributed by atoms with Crippen LogP contribution in [0.25, 0.3) is 0 Å². The van der Waals surface area contributed by atoms with Crippen LogP contribution in [-0.2, 0) is 0 Å². The summed E-state index contributed by atoms with van der Waals surface area (Å²) in [5.74, 6) is 2.92. The summed E-state index contributed by atoms with van der Waals surface area (Å²) in [5.41, 5.74) is 6.29. The average Bonchev–Trinajstić information content (AvgIpc) is 2.17. The van der Waals surface area contributed by atoms with Crippen molar-refractivity contribution in [2.75, 3.05) is 0 Å². The molecule has 0 spiro atoms. The second-order valence-electron chi connectivity index (χ2n) is 5.16. The van der Waals surface area contributed by atoms with Crippen LogP contribution in [0.1, 0.15) is 39.5 Å². The summed E-state index contributed by atoms with van der Waals surface area (Å²) in [7, 11) is 0. The zero-order valence-corrected chi connectivity index (χ0v) is 7.64. The molecule has 64 valence electrons. The second kappa shape index (κ2) is 2.22. The summed E-state index contributed by atoms with van der Waals surface area (Å²) in [6, 6.07) is 0. The minimum absolute atomic E-state index is 0.176. The van der Waals surface area contributed by atoms with Crippen molar-refractivity contribution in [3.8, 4) is 0 Å². The molecule has 2 N–H and O–H groups in total. The Labute approximate surface area is 69.4 Å². The highest BCUT2D eigenvalue weighted by atomic mass is 14.8. The molecule has 2 aliphatic rings. The first-order chi connectivity index (χ1) is 5.07. The fourth-order valence-electron chi connectivity index (χ4n) is 3.30. The van der Waals surface area contributed by atoms with Crippen molar-refractivity contribution in [1.29, 1.82) is 0 Å². The lowest BCUT2D eigenvalue weighted by atomic mass is 9.95. The van der Waals surface area contributed by atoms with E-state index in [0.29, 0.717) is 0 Å². The molecule has 2 rings (SSSR count). The van der Waals surface area contributed by atoms with Crippen LogP contribution >= 0.6 is 0 Å². The Morgan fingerprint density at radius 1 is 1.18 bits per heavy atom. The van der Waals surface area contributed by atoms with Gasteiger partial charge in [0.05, 0.1) is 0 Å². The van der Waals surface area contributed by atoms with Gasteiger partial charge in [-0.1, -0.05) is 6.92 Å². The van der Waals surface area contributed by atoms with E-state index in [9.17, 15) is 0 Å². The van der Waals surface area contributed by atoms with E-state index in [1.54, 1.807) is 0 Å². The van der Waals surface area contributed by atoms with Crippen molar-refractivity contribution in [2.24, 2.45) is 23.5 Å². The molecule has 0 aliphatic heterocycles. The number of rotatable bonds is 0. The Morgan fingerprint density at radius 2 is 1.64 bits per heavy atom. The van der Waals surface area contributed by atoms with E-state index >= 15 is 0 Å². The Kier molecular flexibility index (Phi) is 1.54. The van der Waals surface area contributed by atoms with Crippen molar-refractivity contribution in [2.45, 2.75) is 45.1 Å². The van der Waals surface area contributed by atoms with Gasteiger partial charge in [0, 0.05) is 5.54 Å². The van der Waals surface area contributed by atoms with Crippen LogP contribution in [0.3, 0.4) is 0 Å². The summed E-state index contributed by atoms with van der Waals surface area (Å²) < 4.78 is 0. The molecule has 0 saturated heterocycles. The topological polar surface area (TPSA) is 26.0 Å². The molecule has 2 saturated carbocycles. The Hall–Kier alpha value is -0.0400. The summed E-state index contributed by atoms with van der Waals surface area (Å²) in [4.78, 5) is 0. The quantitative estimate of drug-likeness (QED) is 0.567. The minimum atomic E-state index is 0.176.